The Labute approximate surface area is 130 Å². The van der Waals surface area contributed by atoms with E-state index in [9.17, 15) is 9.59 Å². The summed E-state index contributed by atoms with van der Waals surface area (Å²) >= 11 is 0. The number of carboxylic acid groups (broad SMARTS) is 1. The predicted molar refractivity (Wildman–Crippen MR) is 82.9 cm³/mol. The van der Waals surface area contributed by atoms with Gasteiger partial charge in [-0.2, -0.15) is 0 Å². The van der Waals surface area contributed by atoms with Gasteiger partial charge < -0.3 is 14.7 Å². The smallest absolute Gasteiger partial charge is 0.303 e. The van der Waals surface area contributed by atoms with Crippen LogP contribution in [0.4, 0.5) is 0 Å². The van der Waals surface area contributed by atoms with Crippen LogP contribution in [0.5, 0.6) is 5.75 Å². The first-order valence-corrected chi connectivity index (χ1v) is 7.71. The van der Waals surface area contributed by atoms with E-state index in [0.717, 1.165) is 30.7 Å². The van der Waals surface area contributed by atoms with Gasteiger partial charge in [0.05, 0.1) is 13.5 Å². The maximum atomic E-state index is 12.4. The van der Waals surface area contributed by atoms with Crippen molar-refractivity contribution in [3.05, 3.63) is 29.8 Å². The molecule has 1 aliphatic rings. The van der Waals surface area contributed by atoms with Crippen LogP contribution in [0.25, 0.3) is 0 Å². The second kappa shape index (κ2) is 7.82. The van der Waals surface area contributed by atoms with E-state index >= 15 is 0 Å². The van der Waals surface area contributed by atoms with Gasteiger partial charge in [-0.05, 0) is 42.9 Å². The zero-order chi connectivity index (χ0) is 15.9. The molecular weight excluding hydrogens is 282 g/mol. The number of ether oxygens (including phenoxy) is 1. The molecule has 0 aromatic heterocycles. The van der Waals surface area contributed by atoms with Crippen LogP contribution in [-0.4, -0.2) is 42.1 Å². The van der Waals surface area contributed by atoms with Crippen LogP contribution >= 0.6 is 0 Å². The molecule has 2 rings (SSSR count). The topological polar surface area (TPSA) is 66.8 Å². The van der Waals surface area contributed by atoms with Crippen LogP contribution < -0.4 is 4.74 Å². The Kier molecular flexibility index (Phi) is 5.81. The Balaban J connectivity index is 1.86. The summed E-state index contributed by atoms with van der Waals surface area (Å²) < 4.78 is 5.11. The number of carbonyl (C=O) groups is 2. The molecule has 1 aromatic rings. The molecule has 5 heteroatoms. The van der Waals surface area contributed by atoms with Gasteiger partial charge in [-0.25, -0.2) is 0 Å². The Morgan fingerprint density at radius 3 is 2.68 bits per heavy atom. The predicted octanol–water partition coefficient (Wildman–Crippen LogP) is 2.34. The molecule has 5 nitrogen and oxygen atoms in total. The van der Waals surface area contributed by atoms with Crippen molar-refractivity contribution in [3.8, 4) is 5.75 Å². The third-order valence-electron chi connectivity index (χ3n) is 4.15. The van der Waals surface area contributed by atoms with E-state index < -0.39 is 5.97 Å². The minimum absolute atomic E-state index is 0.116. The summed E-state index contributed by atoms with van der Waals surface area (Å²) in [6, 6.07) is 7.52. The molecular formula is C17H23NO4. The zero-order valence-electron chi connectivity index (χ0n) is 13.0. The van der Waals surface area contributed by atoms with Crippen LogP contribution in [0.15, 0.2) is 24.3 Å². The second-order valence-corrected chi connectivity index (χ2v) is 5.81. The maximum absolute atomic E-state index is 12.4. The minimum Gasteiger partial charge on any atom is -0.497 e. The SMILES string of the molecule is COc1ccc(CC(=O)N2CCC[C@H](CCC(=O)O)C2)cc1. The number of amides is 1. The third kappa shape index (κ3) is 4.76. The highest BCUT2D eigenvalue weighted by atomic mass is 16.5. The lowest BCUT2D eigenvalue weighted by atomic mass is 9.93. The second-order valence-electron chi connectivity index (χ2n) is 5.81. The quantitative estimate of drug-likeness (QED) is 0.876. The van der Waals surface area contributed by atoms with E-state index in [2.05, 4.69) is 0 Å². The molecule has 1 aromatic carbocycles. The number of hydrogen-bond acceptors (Lipinski definition) is 3. The molecule has 0 bridgehead atoms. The standard InChI is InChI=1S/C17H23NO4/c1-22-15-7-4-13(5-8-15)11-16(19)18-10-2-3-14(12-18)6-9-17(20)21/h4-5,7-8,14H,2-3,6,9-12H2,1H3,(H,20,21)/t14-/m1/s1. The first-order valence-electron chi connectivity index (χ1n) is 7.71. The van der Waals surface area contributed by atoms with Crippen molar-refractivity contribution >= 4 is 11.9 Å². The Morgan fingerprint density at radius 2 is 2.05 bits per heavy atom. The first-order chi connectivity index (χ1) is 10.6. The monoisotopic (exact) mass is 305 g/mol. The molecule has 22 heavy (non-hydrogen) atoms. The Bertz CT molecular complexity index is 512. The number of rotatable bonds is 6. The molecule has 1 aliphatic heterocycles. The van der Waals surface area contributed by atoms with Gasteiger partial charge in [-0.1, -0.05) is 12.1 Å². The van der Waals surface area contributed by atoms with Crippen molar-refractivity contribution < 1.29 is 19.4 Å². The lowest BCUT2D eigenvalue weighted by Crippen LogP contribution is -2.40. The molecule has 0 radical (unpaired) electrons. The van der Waals surface area contributed by atoms with Crippen LogP contribution in [0.3, 0.4) is 0 Å². The molecule has 1 saturated heterocycles. The Morgan fingerprint density at radius 1 is 1.32 bits per heavy atom. The third-order valence-corrected chi connectivity index (χ3v) is 4.15. The van der Waals surface area contributed by atoms with Gasteiger partial charge in [0.15, 0.2) is 0 Å². The normalized spacial score (nSPS) is 18.0. The number of likely N-dealkylation sites (tertiary alicyclic amines) is 1. The fourth-order valence-corrected chi connectivity index (χ4v) is 2.88. The minimum atomic E-state index is -0.762. The van der Waals surface area contributed by atoms with Crippen molar-refractivity contribution in [3.63, 3.8) is 0 Å². The summed E-state index contributed by atoms with van der Waals surface area (Å²) in [5.74, 6) is 0.444. The summed E-state index contributed by atoms with van der Waals surface area (Å²) in [5, 5.41) is 8.77. The molecule has 0 aliphatic carbocycles. The summed E-state index contributed by atoms with van der Waals surface area (Å²) in [6.07, 6.45) is 3.20. The molecule has 1 atom stereocenters. The molecule has 1 N–H and O–H groups in total. The van der Waals surface area contributed by atoms with Crippen molar-refractivity contribution in [2.24, 2.45) is 5.92 Å². The highest BCUT2D eigenvalue weighted by Gasteiger charge is 2.24. The van der Waals surface area contributed by atoms with E-state index in [1.54, 1.807) is 7.11 Å². The zero-order valence-corrected chi connectivity index (χ0v) is 13.0. The van der Waals surface area contributed by atoms with Gasteiger partial charge >= 0.3 is 5.97 Å². The number of benzene rings is 1. The number of methoxy groups -OCH3 is 1. The first kappa shape index (κ1) is 16.3. The number of piperidine rings is 1. The van der Waals surface area contributed by atoms with Crippen LogP contribution in [0.2, 0.25) is 0 Å². The fourth-order valence-electron chi connectivity index (χ4n) is 2.88. The van der Waals surface area contributed by atoms with Gasteiger partial charge in [0, 0.05) is 19.5 Å². The van der Waals surface area contributed by atoms with E-state index in [-0.39, 0.29) is 12.3 Å². The molecule has 0 saturated carbocycles. The highest BCUT2D eigenvalue weighted by molar-refractivity contribution is 5.79. The average molecular weight is 305 g/mol. The van der Waals surface area contributed by atoms with Gasteiger partial charge in [-0.3, -0.25) is 9.59 Å². The van der Waals surface area contributed by atoms with Crippen LogP contribution in [0.1, 0.15) is 31.2 Å². The van der Waals surface area contributed by atoms with Crippen LogP contribution in [-0.2, 0) is 16.0 Å². The average Bonchev–Trinajstić information content (AvgIpc) is 2.54. The molecule has 0 unspecified atom stereocenters. The molecule has 0 spiro atoms. The summed E-state index contributed by atoms with van der Waals surface area (Å²) in [4.78, 5) is 24.9. The lowest BCUT2D eigenvalue weighted by Gasteiger charge is -2.32. The van der Waals surface area contributed by atoms with Gasteiger partial charge in [0.1, 0.15) is 5.75 Å². The number of carboxylic acids is 1. The van der Waals surface area contributed by atoms with Gasteiger partial charge in [-0.15, -0.1) is 0 Å². The van der Waals surface area contributed by atoms with Crippen molar-refractivity contribution in [2.45, 2.75) is 32.1 Å². The number of nitrogens with zero attached hydrogens (tertiary/aromatic N) is 1. The Hall–Kier alpha value is -2.04. The molecule has 120 valence electrons. The number of hydrogen-bond donors (Lipinski definition) is 1. The lowest BCUT2D eigenvalue weighted by molar-refractivity contribution is -0.137. The molecule has 1 amide bonds. The number of carbonyl (C=O) groups excluding carboxylic acids is 1. The van der Waals surface area contributed by atoms with E-state index in [4.69, 9.17) is 9.84 Å². The summed E-state index contributed by atoms with van der Waals surface area (Å²) in [7, 11) is 1.62. The summed E-state index contributed by atoms with van der Waals surface area (Å²) in [5.41, 5.74) is 0.971. The van der Waals surface area contributed by atoms with Crippen molar-refractivity contribution in [2.75, 3.05) is 20.2 Å². The number of aliphatic carboxylic acids is 1. The van der Waals surface area contributed by atoms with Crippen molar-refractivity contribution in [1.29, 1.82) is 0 Å². The summed E-state index contributed by atoms with van der Waals surface area (Å²) in [6.45, 7) is 1.46. The largest absolute Gasteiger partial charge is 0.497 e. The van der Waals surface area contributed by atoms with E-state index in [1.807, 2.05) is 29.2 Å². The van der Waals surface area contributed by atoms with E-state index in [1.165, 1.54) is 0 Å². The molecule has 1 fully saturated rings. The van der Waals surface area contributed by atoms with Crippen LogP contribution in [0, 0.1) is 5.92 Å². The maximum Gasteiger partial charge on any atom is 0.303 e. The van der Waals surface area contributed by atoms with Gasteiger partial charge in [0.2, 0.25) is 5.91 Å². The van der Waals surface area contributed by atoms with Crippen molar-refractivity contribution in [1.82, 2.24) is 4.90 Å². The van der Waals surface area contributed by atoms with Gasteiger partial charge in [0.25, 0.3) is 0 Å². The highest BCUT2D eigenvalue weighted by Crippen LogP contribution is 2.22. The van der Waals surface area contributed by atoms with E-state index in [0.29, 0.717) is 25.3 Å². The fraction of sp³-hybridized carbons (Fsp3) is 0.529. The molecule has 1 heterocycles.